The van der Waals surface area contributed by atoms with Gasteiger partial charge in [0.1, 0.15) is 0 Å². The molecule has 1 aliphatic heterocycles. The fourth-order valence-corrected chi connectivity index (χ4v) is 5.38. The number of hydrogen-bond acceptors (Lipinski definition) is 8. The summed E-state index contributed by atoms with van der Waals surface area (Å²) in [7, 11) is -1.15. The van der Waals surface area contributed by atoms with Gasteiger partial charge in [-0.1, -0.05) is 30.3 Å². The molecule has 8 N–H and O–H groups in total. The minimum atomic E-state index is -4.45. The number of ketones is 1. The molecule has 1 aliphatic rings. The lowest BCUT2D eigenvalue weighted by molar-refractivity contribution is -0.137. The lowest BCUT2D eigenvalue weighted by Crippen LogP contribution is -2.46. The Morgan fingerprint density at radius 1 is 1.00 bits per heavy atom. The number of fused-ring (bicyclic) bond motifs is 1. The monoisotopic (exact) mass is 633 g/mol. The van der Waals surface area contributed by atoms with E-state index in [2.05, 4.69) is 5.32 Å². The molecule has 14 heteroatoms. The Bertz CT molecular complexity index is 1320. The Kier molecular flexibility index (Phi) is 12.7. The van der Waals surface area contributed by atoms with Crippen LogP contribution in [0.4, 0.5) is 13.2 Å². The number of halogens is 3. The average Bonchev–Trinajstić information content (AvgIpc) is 3.23. The molecule has 2 aromatic carbocycles. The first-order chi connectivity index (χ1) is 21.2. The molecule has 0 aliphatic carbocycles. The van der Waals surface area contributed by atoms with Crippen LogP contribution in [0.25, 0.3) is 0 Å². The second-order valence-electron chi connectivity index (χ2n) is 11.8. The molecule has 0 saturated heterocycles. The van der Waals surface area contributed by atoms with E-state index >= 15 is 0 Å². The number of rotatable bonds is 16. The summed E-state index contributed by atoms with van der Waals surface area (Å²) in [5.41, 5.74) is 18.1. The van der Waals surface area contributed by atoms with Crippen LogP contribution < -0.4 is 28.0 Å². The standard InChI is InChI=1S/C31H43BF3N5O5/c1-30(2)24-11-6-21(19-25(24)32(44)45-30)27(41)13-10-23(9-5-20-3-7-22(8-4-20)31(33,34)35)39-29(43)26(38)12-14-28(42)40(17-15-36)18-16-37/h3-4,6-8,11,19,23,26,44H,5,9-10,12-18,36-38H2,1-2H3,(H,39,43)/t23-,26+/m1/s1. The second-order valence-corrected chi connectivity index (χ2v) is 11.8. The summed E-state index contributed by atoms with van der Waals surface area (Å²) >= 11 is 0. The van der Waals surface area contributed by atoms with Crippen molar-refractivity contribution in [2.45, 2.75) is 76.2 Å². The van der Waals surface area contributed by atoms with E-state index in [0.29, 0.717) is 42.5 Å². The third kappa shape index (κ3) is 10.1. The van der Waals surface area contributed by atoms with Crippen molar-refractivity contribution in [1.82, 2.24) is 10.2 Å². The Morgan fingerprint density at radius 3 is 2.24 bits per heavy atom. The van der Waals surface area contributed by atoms with Crippen LogP contribution in [-0.2, 0) is 32.4 Å². The molecule has 2 atom stereocenters. The van der Waals surface area contributed by atoms with E-state index in [-0.39, 0.29) is 50.5 Å². The highest BCUT2D eigenvalue weighted by atomic mass is 19.4. The highest BCUT2D eigenvalue weighted by Crippen LogP contribution is 2.31. The van der Waals surface area contributed by atoms with Crippen molar-refractivity contribution in [2.24, 2.45) is 17.2 Å². The summed E-state index contributed by atoms with van der Waals surface area (Å²) in [5.74, 6) is -0.929. The van der Waals surface area contributed by atoms with Crippen LogP contribution >= 0.6 is 0 Å². The molecule has 0 unspecified atom stereocenters. The molecule has 0 bridgehead atoms. The van der Waals surface area contributed by atoms with Crippen molar-refractivity contribution in [3.63, 3.8) is 0 Å². The molecular weight excluding hydrogens is 590 g/mol. The first kappa shape index (κ1) is 36.2. The molecule has 0 aromatic heterocycles. The highest BCUT2D eigenvalue weighted by molar-refractivity contribution is 6.62. The van der Waals surface area contributed by atoms with Crippen LogP contribution in [0.5, 0.6) is 0 Å². The fourth-order valence-electron chi connectivity index (χ4n) is 5.38. The minimum absolute atomic E-state index is 0.0218. The predicted molar refractivity (Wildman–Crippen MR) is 165 cm³/mol. The molecule has 3 rings (SSSR count). The van der Waals surface area contributed by atoms with Gasteiger partial charge in [-0.05, 0) is 68.3 Å². The first-order valence-electron chi connectivity index (χ1n) is 15.1. The molecule has 45 heavy (non-hydrogen) atoms. The van der Waals surface area contributed by atoms with Crippen molar-refractivity contribution in [2.75, 3.05) is 26.2 Å². The van der Waals surface area contributed by atoms with Crippen LogP contribution in [0, 0.1) is 0 Å². The number of nitrogens with two attached hydrogens (primary N) is 3. The van der Waals surface area contributed by atoms with Gasteiger partial charge in [0.15, 0.2) is 5.78 Å². The number of amides is 2. The van der Waals surface area contributed by atoms with E-state index in [9.17, 15) is 32.6 Å². The van der Waals surface area contributed by atoms with E-state index < -0.39 is 42.5 Å². The smallest absolute Gasteiger partial charge is 0.423 e. The fraction of sp³-hybridized carbons (Fsp3) is 0.516. The Balaban J connectivity index is 1.67. The molecule has 0 spiro atoms. The largest absolute Gasteiger partial charge is 0.492 e. The van der Waals surface area contributed by atoms with Crippen molar-refractivity contribution in [3.8, 4) is 0 Å². The van der Waals surface area contributed by atoms with Crippen LogP contribution in [0.15, 0.2) is 42.5 Å². The lowest BCUT2D eigenvalue weighted by Gasteiger charge is -2.23. The van der Waals surface area contributed by atoms with E-state index in [1.54, 1.807) is 18.2 Å². The van der Waals surface area contributed by atoms with Crippen LogP contribution in [0.1, 0.15) is 73.0 Å². The molecule has 0 fully saturated rings. The Labute approximate surface area is 262 Å². The SMILES string of the molecule is CC1(C)OB(O)c2cc(C(=O)CC[C@@H](CCc3ccc(C(F)(F)F)cc3)NC(=O)[C@@H](N)CCC(=O)N(CCN)CCN)ccc21. The van der Waals surface area contributed by atoms with Gasteiger partial charge in [0, 0.05) is 50.6 Å². The van der Waals surface area contributed by atoms with Crippen molar-refractivity contribution >= 4 is 30.2 Å². The van der Waals surface area contributed by atoms with Gasteiger partial charge in [-0.2, -0.15) is 13.2 Å². The number of aryl methyl sites for hydroxylation is 1. The zero-order valence-corrected chi connectivity index (χ0v) is 25.7. The molecule has 2 aromatic rings. The number of carbonyl (C=O) groups excluding carboxylic acids is 3. The zero-order valence-electron chi connectivity index (χ0n) is 25.7. The third-order valence-electron chi connectivity index (χ3n) is 7.98. The predicted octanol–water partition coefficient (Wildman–Crippen LogP) is 1.59. The molecule has 2 amide bonds. The molecule has 0 saturated carbocycles. The van der Waals surface area contributed by atoms with Gasteiger partial charge >= 0.3 is 13.3 Å². The van der Waals surface area contributed by atoms with E-state index in [0.717, 1.165) is 17.7 Å². The third-order valence-corrected chi connectivity index (χ3v) is 7.98. The summed E-state index contributed by atoms with van der Waals surface area (Å²) < 4.78 is 44.5. The number of nitrogens with one attached hydrogen (secondary N) is 1. The number of nitrogens with zero attached hydrogens (tertiary/aromatic N) is 1. The topological polar surface area (TPSA) is 174 Å². The summed E-state index contributed by atoms with van der Waals surface area (Å²) in [4.78, 5) is 40.3. The maximum atomic E-state index is 13.2. The van der Waals surface area contributed by atoms with Crippen LogP contribution in [0.3, 0.4) is 0 Å². The quantitative estimate of drug-likeness (QED) is 0.137. The van der Waals surface area contributed by atoms with Gasteiger partial charge in [-0.3, -0.25) is 14.4 Å². The van der Waals surface area contributed by atoms with E-state index in [4.69, 9.17) is 21.9 Å². The van der Waals surface area contributed by atoms with Gasteiger partial charge in [-0.25, -0.2) is 0 Å². The van der Waals surface area contributed by atoms with Gasteiger partial charge in [-0.15, -0.1) is 0 Å². The highest BCUT2D eigenvalue weighted by Gasteiger charge is 2.40. The maximum Gasteiger partial charge on any atom is 0.492 e. The number of carbonyl (C=O) groups is 3. The van der Waals surface area contributed by atoms with Gasteiger partial charge in [0.25, 0.3) is 0 Å². The number of Topliss-reactive ketones (excluding diaryl/α,β-unsaturated/α-hetero) is 1. The minimum Gasteiger partial charge on any atom is -0.423 e. The zero-order chi connectivity index (χ0) is 33.4. The number of alkyl halides is 3. The van der Waals surface area contributed by atoms with Crippen molar-refractivity contribution in [3.05, 3.63) is 64.7 Å². The normalized spacial score (nSPS) is 15.4. The van der Waals surface area contributed by atoms with Crippen LogP contribution in [-0.4, -0.2) is 72.9 Å². The lowest BCUT2D eigenvalue weighted by atomic mass is 9.77. The molecule has 246 valence electrons. The molecule has 10 nitrogen and oxygen atoms in total. The maximum absolute atomic E-state index is 13.2. The summed E-state index contributed by atoms with van der Waals surface area (Å²) in [5, 5.41) is 13.2. The Hall–Kier alpha value is -3.30. The second kappa shape index (κ2) is 15.8. The molecule has 0 radical (unpaired) electrons. The number of benzene rings is 2. The van der Waals surface area contributed by atoms with E-state index in [1.807, 2.05) is 13.8 Å². The van der Waals surface area contributed by atoms with E-state index in [1.165, 1.54) is 17.0 Å². The van der Waals surface area contributed by atoms with Gasteiger partial charge in [0.2, 0.25) is 11.8 Å². The van der Waals surface area contributed by atoms with Crippen LogP contribution in [0.2, 0.25) is 0 Å². The average molecular weight is 634 g/mol. The Morgan fingerprint density at radius 2 is 1.64 bits per heavy atom. The van der Waals surface area contributed by atoms with Gasteiger partial charge in [0.05, 0.1) is 17.2 Å². The summed E-state index contributed by atoms with van der Waals surface area (Å²) in [6.07, 6.45) is -3.38. The van der Waals surface area contributed by atoms with Crippen molar-refractivity contribution < 1.29 is 37.2 Å². The van der Waals surface area contributed by atoms with Crippen molar-refractivity contribution in [1.29, 1.82) is 0 Å². The number of hydrogen-bond donors (Lipinski definition) is 5. The molecular formula is C31H43BF3N5O5. The summed E-state index contributed by atoms with van der Waals surface area (Å²) in [6.45, 7) is 4.87. The summed E-state index contributed by atoms with van der Waals surface area (Å²) in [6, 6.07) is 8.29. The molecule has 1 heterocycles. The first-order valence-corrected chi connectivity index (χ1v) is 15.1. The van der Waals surface area contributed by atoms with Gasteiger partial charge < -0.3 is 37.1 Å².